The molecule has 1 heterocycles. The third-order valence-electron chi connectivity index (χ3n) is 3.66. The summed E-state index contributed by atoms with van der Waals surface area (Å²) in [5.74, 6) is 0.633. The molecule has 1 aromatic rings. The quantitative estimate of drug-likeness (QED) is 0.927. The highest BCUT2D eigenvalue weighted by Crippen LogP contribution is 2.19. The molecule has 0 radical (unpaired) electrons. The summed E-state index contributed by atoms with van der Waals surface area (Å²) < 4.78 is 5.68. The summed E-state index contributed by atoms with van der Waals surface area (Å²) in [6, 6.07) is 7.41. The molecular weight excluding hydrogens is 276 g/mol. The Kier molecular flexibility index (Phi) is 5.26. The Morgan fingerprint density at radius 1 is 1.45 bits per heavy atom. The number of nitrogens with one attached hydrogen (secondary N) is 1. The van der Waals surface area contributed by atoms with E-state index in [9.17, 15) is 4.79 Å². The van der Waals surface area contributed by atoms with Gasteiger partial charge in [0.15, 0.2) is 6.10 Å². The van der Waals surface area contributed by atoms with Crippen LogP contribution in [0.2, 0.25) is 5.02 Å². The largest absolute Gasteiger partial charge is 0.481 e. The zero-order chi connectivity index (χ0) is 14.5. The zero-order valence-corrected chi connectivity index (χ0v) is 12.7. The predicted octanol–water partition coefficient (Wildman–Crippen LogP) is 2.32. The molecule has 1 aromatic carbocycles. The predicted molar refractivity (Wildman–Crippen MR) is 80.2 cm³/mol. The first-order chi connectivity index (χ1) is 9.58. The average Bonchev–Trinajstić information content (AvgIpc) is 2.46. The van der Waals surface area contributed by atoms with E-state index in [0.717, 1.165) is 25.9 Å². The first-order valence-electron chi connectivity index (χ1n) is 6.97. The Hall–Kier alpha value is -1.26. The molecule has 1 saturated heterocycles. The van der Waals surface area contributed by atoms with Crippen molar-refractivity contribution in [2.75, 3.05) is 20.1 Å². The van der Waals surface area contributed by atoms with Crippen LogP contribution in [-0.4, -0.2) is 43.1 Å². The molecule has 0 aromatic heterocycles. The van der Waals surface area contributed by atoms with Gasteiger partial charge in [0.05, 0.1) is 0 Å². The van der Waals surface area contributed by atoms with E-state index in [2.05, 4.69) is 5.32 Å². The fourth-order valence-electron chi connectivity index (χ4n) is 2.46. The van der Waals surface area contributed by atoms with E-state index in [4.69, 9.17) is 16.3 Å². The third kappa shape index (κ3) is 3.87. The first kappa shape index (κ1) is 15.1. The van der Waals surface area contributed by atoms with Gasteiger partial charge in [-0.15, -0.1) is 0 Å². The van der Waals surface area contributed by atoms with Gasteiger partial charge in [0, 0.05) is 18.1 Å². The summed E-state index contributed by atoms with van der Waals surface area (Å²) in [7, 11) is 1.86. The molecule has 2 rings (SSSR count). The maximum absolute atomic E-state index is 12.4. The molecule has 5 heteroatoms. The second-order valence-corrected chi connectivity index (χ2v) is 5.58. The second-order valence-electron chi connectivity index (χ2n) is 5.15. The second kappa shape index (κ2) is 6.95. The van der Waals surface area contributed by atoms with Crippen LogP contribution >= 0.6 is 11.6 Å². The highest BCUT2D eigenvalue weighted by molar-refractivity contribution is 6.30. The van der Waals surface area contributed by atoms with Gasteiger partial charge >= 0.3 is 0 Å². The Balaban J connectivity index is 1.93. The fraction of sp³-hybridized carbons (Fsp3) is 0.533. The van der Waals surface area contributed by atoms with Crippen molar-refractivity contribution in [3.63, 3.8) is 0 Å². The summed E-state index contributed by atoms with van der Waals surface area (Å²) in [6.07, 6.45) is 1.48. The van der Waals surface area contributed by atoms with Crippen LogP contribution in [-0.2, 0) is 4.79 Å². The number of hydrogen-bond acceptors (Lipinski definition) is 3. The minimum Gasteiger partial charge on any atom is -0.481 e. The van der Waals surface area contributed by atoms with Gasteiger partial charge in [-0.2, -0.15) is 0 Å². The van der Waals surface area contributed by atoms with Gasteiger partial charge < -0.3 is 15.0 Å². The van der Waals surface area contributed by atoms with E-state index in [-0.39, 0.29) is 5.91 Å². The van der Waals surface area contributed by atoms with Gasteiger partial charge in [-0.1, -0.05) is 17.7 Å². The van der Waals surface area contributed by atoms with E-state index in [0.29, 0.717) is 16.8 Å². The number of ether oxygens (including phenoxy) is 1. The van der Waals surface area contributed by atoms with Gasteiger partial charge in [-0.3, -0.25) is 4.79 Å². The minimum atomic E-state index is -0.506. The highest BCUT2D eigenvalue weighted by Gasteiger charge is 2.26. The van der Waals surface area contributed by atoms with Crippen LogP contribution in [0.1, 0.15) is 19.8 Å². The van der Waals surface area contributed by atoms with E-state index >= 15 is 0 Å². The molecule has 1 amide bonds. The number of benzene rings is 1. The molecule has 1 aliphatic rings. The maximum atomic E-state index is 12.4. The molecule has 0 spiro atoms. The van der Waals surface area contributed by atoms with Gasteiger partial charge in [-0.05, 0) is 51.1 Å². The normalized spacial score (nSPS) is 17.6. The average molecular weight is 297 g/mol. The number of carbonyl (C=O) groups excluding carboxylic acids is 1. The van der Waals surface area contributed by atoms with Crippen molar-refractivity contribution in [2.45, 2.75) is 31.9 Å². The lowest BCUT2D eigenvalue weighted by molar-refractivity contribution is -0.139. The van der Waals surface area contributed by atoms with E-state index in [1.807, 2.05) is 18.0 Å². The van der Waals surface area contributed by atoms with Gasteiger partial charge in [0.25, 0.3) is 5.91 Å². The highest BCUT2D eigenvalue weighted by atomic mass is 35.5. The molecule has 0 aliphatic carbocycles. The fourth-order valence-corrected chi connectivity index (χ4v) is 2.64. The monoisotopic (exact) mass is 296 g/mol. The van der Waals surface area contributed by atoms with Crippen LogP contribution < -0.4 is 10.1 Å². The van der Waals surface area contributed by atoms with Crippen molar-refractivity contribution in [1.29, 1.82) is 0 Å². The molecular formula is C15H21ClN2O2. The summed E-state index contributed by atoms with van der Waals surface area (Å²) in [5, 5.41) is 3.91. The Bertz CT molecular complexity index is 461. The topological polar surface area (TPSA) is 41.6 Å². The Morgan fingerprint density at radius 2 is 2.15 bits per heavy atom. The van der Waals surface area contributed by atoms with Crippen molar-refractivity contribution in [2.24, 2.45) is 0 Å². The van der Waals surface area contributed by atoms with E-state index in [1.54, 1.807) is 25.1 Å². The lowest BCUT2D eigenvalue weighted by atomic mass is 10.0. The molecule has 20 heavy (non-hydrogen) atoms. The van der Waals surface area contributed by atoms with Crippen molar-refractivity contribution < 1.29 is 9.53 Å². The Labute approximate surface area is 125 Å². The molecule has 0 saturated carbocycles. The number of rotatable bonds is 4. The van der Waals surface area contributed by atoms with Crippen LogP contribution in [0.15, 0.2) is 24.3 Å². The molecule has 110 valence electrons. The van der Waals surface area contributed by atoms with E-state index < -0.39 is 6.10 Å². The van der Waals surface area contributed by atoms with Gasteiger partial charge in [0.1, 0.15) is 5.75 Å². The van der Waals surface area contributed by atoms with Crippen molar-refractivity contribution in [3.05, 3.63) is 29.3 Å². The van der Waals surface area contributed by atoms with Crippen LogP contribution in [0.5, 0.6) is 5.75 Å². The Morgan fingerprint density at radius 3 is 2.80 bits per heavy atom. The van der Waals surface area contributed by atoms with Crippen LogP contribution in [0.4, 0.5) is 0 Å². The number of likely N-dealkylation sites (N-methyl/N-ethyl adjacent to an activating group) is 1. The lowest BCUT2D eigenvalue weighted by Crippen LogP contribution is -2.48. The minimum absolute atomic E-state index is 0.0110. The molecule has 1 aliphatic heterocycles. The van der Waals surface area contributed by atoms with Crippen LogP contribution in [0.3, 0.4) is 0 Å². The molecule has 1 unspecified atom stereocenters. The number of carbonyl (C=O) groups is 1. The van der Waals surface area contributed by atoms with Crippen molar-refractivity contribution in [1.82, 2.24) is 10.2 Å². The lowest BCUT2D eigenvalue weighted by Gasteiger charge is -2.33. The maximum Gasteiger partial charge on any atom is 0.263 e. The smallest absolute Gasteiger partial charge is 0.263 e. The van der Waals surface area contributed by atoms with Crippen LogP contribution in [0, 0.1) is 0 Å². The summed E-state index contributed by atoms with van der Waals surface area (Å²) in [5.41, 5.74) is 0. The molecule has 1 fully saturated rings. The third-order valence-corrected chi connectivity index (χ3v) is 3.90. The van der Waals surface area contributed by atoms with Gasteiger partial charge in [-0.25, -0.2) is 0 Å². The van der Waals surface area contributed by atoms with Crippen LogP contribution in [0.25, 0.3) is 0 Å². The number of halogens is 1. The van der Waals surface area contributed by atoms with Crippen molar-refractivity contribution >= 4 is 17.5 Å². The first-order valence-corrected chi connectivity index (χ1v) is 7.35. The summed E-state index contributed by atoms with van der Waals surface area (Å²) in [4.78, 5) is 14.2. The molecule has 4 nitrogen and oxygen atoms in total. The number of piperidine rings is 1. The van der Waals surface area contributed by atoms with Crippen molar-refractivity contribution in [3.8, 4) is 5.75 Å². The molecule has 1 atom stereocenters. The number of nitrogens with zero attached hydrogens (tertiary/aromatic N) is 1. The standard InChI is InChI=1S/C15H21ClN2O2/c1-11(20-14-5-3-4-12(16)10-14)15(19)18(2)13-6-8-17-9-7-13/h3-5,10-11,13,17H,6-9H2,1-2H3. The number of hydrogen-bond donors (Lipinski definition) is 1. The molecule has 0 bridgehead atoms. The SMILES string of the molecule is CC(Oc1cccc(Cl)c1)C(=O)N(C)C1CCNCC1. The molecule has 1 N–H and O–H groups in total. The summed E-state index contributed by atoms with van der Waals surface area (Å²) >= 11 is 5.91. The van der Waals surface area contributed by atoms with Gasteiger partial charge in [0.2, 0.25) is 0 Å². The summed E-state index contributed by atoms with van der Waals surface area (Å²) in [6.45, 7) is 3.71. The van der Waals surface area contributed by atoms with E-state index in [1.165, 1.54) is 0 Å². The number of amides is 1. The zero-order valence-electron chi connectivity index (χ0n) is 11.9.